The van der Waals surface area contributed by atoms with Crippen LogP contribution in [0.5, 0.6) is 0 Å². The minimum absolute atomic E-state index is 0.0123. The van der Waals surface area contributed by atoms with Crippen LogP contribution < -0.4 is 11.3 Å². The number of nitrogen functional groups attached to an aromatic ring is 1. The van der Waals surface area contributed by atoms with Crippen LogP contribution in [0.4, 0.5) is 5.95 Å². The Morgan fingerprint density at radius 1 is 1.59 bits per heavy atom. The van der Waals surface area contributed by atoms with Crippen LogP contribution in [-0.2, 0) is 4.74 Å². The summed E-state index contributed by atoms with van der Waals surface area (Å²) >= 11 is 0. The number of aliphatic hydroxyl groups is 3. The number of ether oxygens (including phenoxy) is 1. The molecule has 0 saturated carbocycles. The minimum Gasteiger partial charge on any atom is -0.392 e. The van der Waals surface area contributed by atoms with Gasteiger partial charge >= 0.3 is 0 Å². The van der Waals surface area contributed by atoms with Crippen molar-refractivity contribution < 1.29 is 20.1 Å². The first kappa shape index (κ1) is 14.5. The lowest BCUT2D eigenvalue weighted by atomic mass is 9.97. The quantitative estimate of drug-likeness (QED) is 0.375. The van der Waals surface area contributed by atoms with Crippen molar-refractivity contribution in [2.75, 3.05) is 12.3 Å². The Labute approximate surface area is 123 Å². The van der Waals surface area contributed by atoms with Gasteiger partial charge in [-0.2, -0.15) is 4.98 Å². The first-order valence-corrected chi connectivity index (χ1v) is 6.28. The Balaban J connectivity index is 2.13. The molecule has 0 aromatic carbocycles. The van der Waals surface area contributed by atoms with E-state index in [1.54, 1.807) is 0 Å². The van der Waals surface area contributed by atoms with Crippen LogP contribution in [0.2, 0.25) is 0 Å². The number of imidazole rings is 1. The summed E-state index contributed by atoms with van der Waals surface area (Å²) in [6, 6.07) is 0. The molecule has 1 fully saturated rings. The highest BCUT2D eigenvalue weighted by molar-refractivity contribution is 5.70. The third kappa shape index (κ3) is 1.81. The van der Waals surface area contributed by atoms with Crippen LogP contribution in [0.15, 0.2) is 11.1 Å². The summed E-state index contributed by atoms with van der Waals surface area (Å²) < 4.78 is 6.67. The average Bonchev–Trinajstić information content (AvgIpc) is 3.01. The number of anilines is 1. The highest BCUT2D eigenvalue weighted by atomic mass is 16.6. The number of rotatable bonds is 2. The highest BCUT2D eigenvalue weighted by Gasteiger charge is 2.54. The third-order valence-corrected chi connectivity index (χ3v) is 3.63. The molecule has 10 nitrogen and oxygen atoms in total. The summed E-state index contributed by atoms with van der Waals surface area (Å²) in [5, 5.41) is 29.6. The number of nitrogens with zero attached hydrogens (tertiary/aromatic N) is 3. The molecule has 2 aromatic heterocycles. The second-order valence-electron chi connectivity index (χ2n) is 4.91. The van der Waals surface area contributed by atoms with Crippen LogP contribution in [0.3, 0.4) is 0 Å². The molecule has 1 aliphatic rings. The van der Waals surface area contributed by atoms with E-state index in [0.29, 0.717) is 0 Å². The molecule has 4 atom stereocenters. The smallest absolute Gasteiger partial charge is 0.280 e. The van der Waals surface area contributed by atoms with Crippen molar-refractivity contribution in [3.8, 4) is 12.3 Å². The summed E-state index contributed by atoms with van der Waals surface area (Å²) in [5.41, 5.74) is 3.22. The van der Waals surface area contributed by atoms with E-state index in [9.17, 15) is 20.1 Å². The predicted octanol–water partition coefficient (Wildman–Crippen LogP) is -2.68. The zero-order valence-electron chi connectivity index (χ0n) is 11.2. The number of fused-ring (bicyclic) bond motifs is 1. The summed E-state index contributed by atoms with van der Waals surface area (Å²) in [4.78, 5) is 21.8. The molecular formula is C12H13N5O5. The lowest BCUT2D eigenvalue weighted by Crippen LogP contribution is -2.44. The maximum atomic E-state index is 11.7. The lowest BCUT2D eigenvalue weighted by Gasteiger charge is -2.23. The highest BCUT2D eigenvalue weighted by Crippen LogP contribution is 2.37. The molecule has 22 heavy (non-hydrogen) atoms. The lowest BCUT2D eigenvalue weighted by molar-refractivity contribution is -0.0910. The first-order valence-electron chi connectivity index (χ1n) is 6.28. The number of nitrogens with two attached hydrogens (primary N) is 1. The van der Waals surface area contributed by atoms with Crippen LogP contribution in [0.1, 0.15) is 6.23 Å². The molecule has 0 radical (unpaired) electrons. The largest absolute Gasteiger partial charge is 0.392 e. The van der Waals surface area contributed by atoms with Gasteiger partial charge in [-0.15, -0.1) is 6.42 Å². The van der Waals surface area contributed by atoms with Gasteiger partial charge in [-0.3, -0.25) is 14.3 Å². The maximum Gasteiger partial charge on any atom is 0.280 e. The fourth-order valence-electron chi connectivity index (χ4n) is 2.43. The second kappa shape index (κ2) is 4.79. The van der Waals surface area contributed by atoms with Gasteiger partial charge in [-0.1, -0.05) is 5.92 Å². The fraction of sp³-hybridized carbons (Fsp3) is 0.417. The van der Waals surface area contributed by atoms with Gasteiger partial charge in [-0.25, -0.2) is 4.98 Å². The molecule has 6 N–H and O–H groups in total. The SMILES string of the molecule is C#C[C@]1(CO)O[C@@H](n2cnc3c(=O)[nH]c(N)nc32)[C@@H](O)[C@@H]1O. The molecule has 3 heterocycles. The summed E-state index contributed by atoms with van der Waals surface area (Å²) in [6.45, 7) is -0.693. The molecule has 0 aliphatic carbocycles. The number of aromatic amines is 1. The number of hydrogen-bond donors (Lipinski definition) is 5. The van der Waals surface area contributed by atoms with Crippen LogP contribution in [0, 0.1) is 12.3 Å². The van der Waals surface area contributed by atoms with Crippen molar-refractivity contribution in [2.45, 2.75) is 24.0 Å². The summed E-state index contributed by atoms with van der Waals surface area (Å²) in [5.74, 6) is 2.00. The van der Waals surface area contributed by atoms with Crippen molar-refractivity contribution in [2.24, 2.45) is 0 Å². The standard InChI is InChI=1S/C12H13N5O5/c1-2-12(3-18)7(20)6(19)10(22-12)17-4-14-5-8(17)15-11(13)16-9(5)21/h1,4,6-7,10,18-20H,3H2,(H3,13,15,16,21)/t6-,7-,10+,12+/m0/s1. The van der Waals surface area contributed by atoms with E-state index in [2.05, 4.69) is 20.9 Å². The van der Waals surface area contributed by atoms with Gasteiger partial charge in [0.1, 0.15) is 12.2 Å². The van der Waals surface area contributed by atoms with E-state index in [0.717, 1.165) is 0 Å². The molecule has 0 bridgehead atoms. The van der Waals surface area contributed by atoms with E-state index < -0.39 is 36.2 Å². The van der Waals surface area contributed by atoms with Crippen molar-refractivity contribution in [1.29, 1.82) is 0 Å². The van der Waals surface area contributed by atoms with Gasteiger partial charge in [0.15, 0.2) is 23.0 Å². The molecule has 3 rings (SSSR count). The van der Waals surface area contributed by atoms with Gasteiger partial charge in [0, 0.05) is 0 Å². The van der Waals surface area contributed by atoms with Gasteiger partial charge < -0.3 is 25.8 Å². The van der Waals surface area contributed by atoms with Crippen molar-refractivity contribution in [3.63, 3.8) is 0 Å². The molecular weight excluding hydrogens is 294 g/mol. The van der Waals surface area contributed by atoms with Crippen LogP contribution >= 0.6 is 0 Å². The Morgan fingerprint density at radius 2 is 2.32 bits per heavy atom. The molecule has 116 valence electrons. The number of aliphatic hydroxyl groups excluding tert-OH is 3. The fourth-order valence-corrected chi connectivity index (χ4v) is 2.43. The van der Waals surface area contributed by atoms with E-state index >= 15 is 0 Å². The topological polar surface area (TPSA) is 160 Å². The van der Waals surface area contributed by atoms with E-state index in [-0.39, 0.29) is 17.1 Å². The number of nitrogens with one attached hydrogen (secondary N) is 1. The Morgan fingerprint density at radius 3 is 2.91 bits per heavy atom. The molecule has 1 aliphatic heterocycles. The summed E-state index contributed by atoms with van der Waals surface area (Å²) in [7, 11) is 0. The van der Waals surface area contributed by atoms with Crippen LogP contribution in [0.25, 0.3) is 11.2 Å². The van der Waals surface area contributed by atoms with Crippen molar-refractivity contribution in [1.82, 2.24) is 19.5 Å². The van der Waals surface area contributed by atoms with Crippen LogP contribution in [-0.4, -0.2) is 59.3 Å². The number of terminal acetylenes is 1. The average molecular weight is 307 g/mol. The molecule has 0 spiro atoms. The Hall–Kier alpha value is -2.45. The normalized spacial score (nSPS) is 31.5. The number of aromatic nitrogens is 4. The van der Waals surface area contributed by atoms with Crippen molar-refractivity contribution in [3.05, 3.63) is 16.7 Å². The molecule has 2 aromatic rings. The summed E-state index contributed by atoms with van der Waals surface area (Å²) in [6.07, 6.45) is 2.33. The Kier molecular flexibility index (Phi) is 3.15. The number of hydrogen-bond acceptors (Lipinski definition) is 8. The third-order valence-electron chi connectivity index (χ3n) is 3.63. The minimum atomic E-state index is -1.76. The predicted molar refractivity (Wildman–Crippen MR) is 73.3 cm³/mol. The zero-order chi connectivity index (χ0) is 16.1. The van der Waals surface area contributed by atoms with Gasteiger partial charge in [0.05, 0.1) is 12.9 Å². The molecule has 0 amide bonds. The van der Waals surface area contributed by atoms with Crippen molar-refractivity contribution >= 4 is 17.1 Å². The van der Waals surface area contributed by atoms with Gasteiger partial charge in [0.2, 0.25) is 5.95 Å². The van der Waals surface area contributed by atoms with Gasteiger partial charge in [0.25, 0.3) is 5.56 Å². The molecule has 1 saturated heterocycles. The maximum absolute atomic E-state index is 11.7. The molecule has 10 heteroatoms. The first-order chi connectivity index (χ1) is 10.4. The number of H-pyrrole nitrogens is 1. The zero-order valence-corrected chi connectivity index (χ0v) is 11.2. The van der Waals surface area contributed by atoms with E-state index in [1.807, 2.05) is 0 Å². The monoisotopic (exact) mass is 307 g/mol. The Bertz CT molecular complexity index is 823. The van der Waals surface area contributed by atoms with E-state index in [4.69, 9.17) is 16.9 Å². The van der Waals surface area contributed by atoms with Gasteiger partial charge in [-0.05, 0) is 0 Å². The molecule has 0 unspecified atom stereocenters. The van der Waals surface area contributed by atoms with E-state index in [1.165, 1.54) is 10.9 Å². The second-order valence-corrected chi connectivity index (χ2v) is 4.91.